The van der Waals surface area contributed by atoms with Crippen LogP contribution < -0.4 is 5.32 Å². The third-order valence-corrected chi connectivity index (χ3v) is 3.88. The van der Waals surface area contributed by atoms with Gasteiger partial charge in [0.25, 0.3) is 0 Å². The van der Waals surface area contributed by atoms with E-state index >= 15 is 0 Å². The standard InChI is InChI=1S/C15H26N4/c1-14(2,3)12-6-7-17-13(18-12)15(4,5)19-10-8-16-9-11-19/h6-7,16H,8-11H2,1-5H3. The van der Waals surface area contributed by atoms with Crippen LogP contribution in [0.5, 0.6) is 0 Å². The molecule has 0 saturated carbocycles. The highest BCUT2D eigenvalue weighted by atomic mass is 15.3. The Kier molecular flexibility index (Phi) is 3.92. The van der Waals surface area contributed by atoms with Crippen molar-refractivity contribution in [2.45, 2.75) is 45.6 Å². The van der Waals surface area contributed by atoms with Gasteiger partial charge in [-0.2, -0.15) is 0 Å². The number of nitrogens with one attached hydrogen (secondary N) is 1. The highest BCUT2D eigenvalue weighted by Gasteiger charge is 2.33. The molecule has 19 heavy (non-hydrogen) atoms. The Hall–Kier alpha value is -1.00. The third kappa shape index (κ3) is 3.12. The first-order valence-electron chi connectivity index (χ1n) is 7.11. The molecule has 4 nitrogen and oxygen atoms in total. The molecule has 1 aliphatic rings. The maximum Gasteiger partial charge on any atom is 0.148 e. The average molecular weight is 262 g/mol. The predicted octanol–water partition coefficient (Wildman–Crippen LogP) is 1.91. The van der Waals surface area contributed by atoms with Crippen LogP contribution in [0.2, 0.25) is 0 Å². The summed E-state index contributed by atoms with van der Waals surface area (Å²) in [6.07, 6.45) is 1.90. The second-order valence-electron chi connectivity index (χ2n) is 6.81. The Balaban J connectivity index is 2.29. The van der Waals surface area contributed by atoms with Gasteiger partial charge in [0, 0.05) is 43.5 Å². The molecule has 0 amide bonds. The van der Waals surface area contributed by atoms with Gasteiger partial charge in [-0.05, 0) is 19.9 Å². The molecule has 1 aliphatic heterocycles. The van der Waals surface area contributed by atoms with Gasteiger partial charge in [-0.25, -0.2) is 9.97 Å². The zero-order chi connectivity index (χ0) is 14.1. The molecule has 2 rings (SSSR count). The van der Waals surface area contributed by atoms with Gasteiger partial charge in [-0.1, -0.05) is 20.8 Å². The van der Waals surface area contributed by atoms with Crippen LogP contribution in [0.3, 0.4) is 0 Å². The second kappa shape index (κ2) is 5.17. The maximum atomic E-state index is 4.82. The topological polar surface area (TPSA) is 41.1 Å². The van der Waals surface area contributed by atoms with Crippen molar-refractivity contribution >= 4 is 0 Å². The molecule has 106 valence electrons. The molecule has 0 aliphatic carbocycles. The van der Waals surface area contributed by atoms with Gasteiger partial charge >= 0.3 is 0 Å². The molecule has 1 saturated heterocycles. The summed E-state index contributed by atoms with van der Waals surface area (Å²) in [6.45, 7) is 15.2. The van der Waals surface area contributed by atoms with Crippen molar-refractivity contribution in [2.24, 2.45) is 0 Å². The summed E-state index contributed by atoms with van der Waals surface area (Å²) in [7, 11) is 0. The lowest BCUT2D eigenvalue weighted by Gasteiger charge is -2.40. The molecule has 0 radical (unpaired) electrons. The monoisotopic (exact) mass is 262 g/mol. The molecule has 1 aromatic rings. The summed E-state index contributed by atoms with van der Waals surface area (Å²) in [5.41, 5.74) is 1.07. The van der Waals surface area contributed by atoms with E-state index in [4.69, 9.17) is 4.98 Å². The smallest absolute Gasteiger partial charge is 0.148 e. The molecule has 0 spiro atoms. The Labute approximate surface area is 116 Å². The van der Waals surface area contributed by atoms with Gasteiger partial charge in [-0.3, -0.25) is 4.90 Å². The summed E-state index contributed by atoms with van der Waals surface area (Å²) in [5.74, 6) is 0.932. The number of piperazine rings is 1. The van der Waals surface area contributed by atoms with Crippen LogP contribution in [0.4, 0.5) is 0 Å². The first-order valence-corrected chi connectivity index (χ1v) is 7.11. The fourth-order valence-electron chi connectivity index (χ4n) is 2.44. The lowest BCUT2D eigenvalue weighted by atomic mass is 9.91. The molecular weight excluding hydrogens is 236 g/mol. The Morgan fingerprint density at radius 3 is 2.32 bits per heavy atom. The summed E-state index contributed by atoms with van der Waals surface area (Å²) in [4.78, 5) is 11.8. The van der Waals surface area contributed by atoms with Crippen LogP contribution >= 0.6 is 0 Å². The number of hydrogen-bond donors (Lipinski definition) is 1. The molecule has 1 fully saturated rings. The normalized spacial score (nSPS) is 18.6. The van der Waals surface area contributed by atoms with Crippen molar-refractivity contribution in [3.05, 3.63) is 23.8 Å². The van der Waals surface area contributed by atoms with Crippen molar-refractivity contribution in [2.75, 3.05) is 26.2 Å². The lowest BCUT2D eigenvalue weighted by Crippen LogP contribution is -2.52. The van der Waals surface area contributed by atoms with Crippen molar-refractivity contribution in [3.8, 4) is 0 Å². The highest BCUT2D eigenvalue weighted by molar-refractivity contribution is 5.15. The Morgan fingerprint density at radius 1 is 1.11 bits per heavy atom. The molecule has 0 aromatic carbocycles. The van der Waals surface area contributed by atoms with Crippen LogP contribution in [0.25, 0.3) is 0 Å². The SMILES string of the molecule is CC(C)(C)c1ccnc(C(C)(C)N2CCNCC2)n1. The predicted molar refractivity (Wildman–Crippen MR) is 78.2 cm³/mol. The fraction of sp³-hybridized carbons (Fsp3) is 0.733. The van der Waals surface area contributed by atoms with Crippen molar-refractivity contribution in [1.82, 2.24) is 20.2 Å². The molecular formula is C15H26N4. The van der Waals surface area contributed by atoms with Crippen molar-refractivity contribution in [1.29, 1.82) is 0 Å². The zero-order valence-electron chi connectivity index (χ0n) is 12.8. The number of hydrogen-bond acceptors (Lipinski definition) is 4. The van der Waals surface area contributed by atoms with Gasteiger partial charge in [0.2, 0.25) is 0 Å². The minimum Gasteiger partial charge on any atom is -0.314 e. The molecule has 0 bridgehead atoms. The Bertz CT molecular complexity index is 428. The van der Waals surface area contributed by atoms with Gasteiger partial charge < -0.3 is 5.32 Å². The molecule has 0 atom stereocenters. The number of rotatable bonds is 2. The maximum absolute atomic E-state index is 4.82. The van der Waals surface area contributed by atoms with Crippen LogP contribution in [0, 0.1) is 0 Å². The molecule has 1 aromatic heterocycles. The molecule has 2 heterocycles. The largest absolute Gasteiger partial charge is 0.314 e. The van der Waals surface area contributed by atoms with E-state index in [1.54, 1.807) is 0 Å². The summed E-state index contributed by atoms with van der Waals surface area (Å²) in [6, 6.07) is 2.03. The zero-order valence-corrected chi connectivity index (χ0v) is 12.8. The average Bonchev–Trinajstić information content (AvgIpc) is 2.39. The molecule has 4 heteroatoms. The minimum atomic E-state index is -0.108. The van der Waals surface area contributed by atoms with Gasteiger partial charge in [-0.15, -0.1) is 0 Å². The number of nitrogens with zero attached hydrogens (tertiary/aromatic N) is 3. The van der Waals surface area contributed by atoms with Crippen molar-refractivity contribution < 1.29 is 0 Å². The summed E-state index contributed by atoms with van der Waals surface area (Å²) in [5, 5.41) is 3.39. The van der Waals surface area contributed by atoms with Crippen LogP contribution in [0.1, 0.15) is 46.1 Å². The van der Waals surface area contributed by atoms with E-state index in [0.717, 1.165) is 37.7 Å². The number of aromatic nitrogens is 2. The van der Waals surface area contributed by atoms with E-state index in [2.05, 4.69) is 49.8 Å². The van der Waals surface area contributed by atoms with E-state index < -0.39 is 0 Å². The summed E-state index contributed by atoms with van der Waals surface area (Å²) < 4.78 is 0. The van der Waals surface area contributed by atoms with E-state index in [1.165, 1.54) is 0 Å². The summed E-state index contributed by atoms with van der Waals surface area (Å²) >= 11 is 0. The highest BCUT2D eigenvalue weighted by Crippen LogP contribution is 2.27. The van der Waals surface area contributed by atoms with Gasteiger partial charge in [0.05, 0.1) is 5.54 Å². The first-order chi connectivity index (χ1) is 8.82. The molecule has 1 N–H and O–H groups in total. The lowest BCUT2D eigenvalue weighted by molar-refractivity contribution is 0.0943. The first kappa shape index (κ1) is 14.4. The second-order valence-corrected chi connectivity index (χ2v) is 6.81. The van der Waals surface area contributed by atoms with Crippen LogP contribution in [-0.4, -0.2) is 41.0 Å². The Morgan fingerprint density at radius 2 is 1.74 bits per heavy atom. The molecule has 0 unspecified atom stereocenters. The van der Waals surface area contributed by atoms with E-state index in [9.17, 15) is 0 Å². The van der Waals surface area contributed by atoms with Crippen LogP contribution in [0.15, 0.2) is 12.3 Å². The quantitative estimate of drug-likeness (QED) is 0.884. The van der Waals surface area contributed by atoms with E-state index in [0.29, 0.717) is 0 Å². The van der Waals surface area contributed by atoms with Gasteiger partial charge in [0.1, 0.15) is 5.82 Å². The third-order valence-electron chi connectivity index (χ3n) is 3.88. The van der Waals surface area contributed by atoms with Crippen molar-refractivity contribution in [3.63, 3.8) is 0 Å². The van der Waals surface area contributed by atoms with Gasteiger partial charge in [0.15, 0.2) is 0 Å². The fourth-order valence-corrected chi connectivity index (χ4v) is 2.44. The van der Waals surface area contributed by atoms with E-state index in [1.807, 2.05) is 12.3 Å². The minimum absolute atomic E-state index is 0.0667. The van der Waals surface area contributed by atoms with Crippen LogP contribution in [-0.2, 0) is 11.0 Å². The van der Waals surface area contributed by atoms with E-state index in [-0.39, 0.29) is 11.0 Å².